The van der Waals surface area contributed by atoms with Crippen molar-refractivity contribution in [3.05, 3.63) is 30.1 Å². The number of ether oxygens (including phenoxy) is 2. The molecule has 5 nitrogen and oxygen atoms in total. The van der Waals surface area contributed by atoms with E-state index in [4.69, 9.17) is 4.74 Å². The molecule has 1 aromatic heterocycles. The van der Waals surface area contributed by atoms with Crippen molar-refractivity contribution < 1.29 is 27.4 Å². The minimum Gasteiger partial charge on any atom is -0.440 e. The van der Waals surface area contributed by atoms with Crippen LogP contribution in [-0.2, 0) is 16.0 Å². The number of pyridine rings is 1. The fourth-order valence-corrected chi connectivity index (χ4v) is 1.36. The molecule has 0 saturated carbocycles. The lowest BCUT2D eigenvalue weighted by Gasteiger charge is -2.21. The second-order valence-corrected chi connectivity index (χ2v) is 3.91. The van der Waals surface area contributed by atoms with Crippen LogP contribution in [0.4, 0.5) is 18.0 Å². The summed E-state index contributed by atoms with van der Waals surface area (Å²) in [5, 5.41) is 0. The highest BCUT2D eigenvalue weighted by molar-refractivity contribution is 5.67. The number of amides is 1. The van der Waals surface area contributed by atoms with Gasteiger partial charge in [0.1, 0.15) is 0 Å². The highest BCUT2D eigenvalue weighted by Gasteiger charge is 2.30. The van der Waals surface area contributed by atoms with Gasteiger partial charge in [-0.15, -0.1) is 0 Å². The summed E-state index contributed by atoms with van der Waals surface area (Å²) in [4.78, 5) is 16.7. The fourth-order valence-electron chi connectivity index (χ4n) is 1.36. The molecule has 0 unspecified atom stereocenters. The van der Waals surface area contributed by atoms with E-state index in [1.807, 2.05) is 0 Å². The first-order valence-corrected chi connectivity index (χ1v) is 5.79. The predicted molar refractivity (Wildman–Crippen MR) is 63.9 cm³/mol. The Bertz CT molecular complexity index is 412. The minimum absolute atomic E-state index is 0.0564. The Morgan fingerprint density at radius 1 is 1.40 bits per heavy atom. The van der Waals surface area contributed by atoms with Crippen LogP contribution in [0.5, 0.6) is 0 Å². The van der Waals surface area contributed by atoms with E-state index in [2.05, 4.69) is 9.72 Å². The lowest BCUT2D eigenvalue weighted by Crippen LogP contribution is -2.36. The van der Waals surface area contributed by atoms with E-state index in [0.29, 0.717) is 5.69 Å². The normalized spacial score (nSPS) is 11.2. The molecule has 0 radical (unpaired) electrons. The van der Waals surface area contributed by atoms with Crippen LogP contribution in [0.1, 0.15) is 5.69 Å². The monoisotopic (exact) mass is 292 g/mol. The summed E-state index contributed by atoms with van der Waals surface area (Å²) >= 11 is 0. The highest BCUT2D eigenvalue weighted by Crippen LogP contribution is 2.15. The van der Waals surface area contributed by atoms with Gasteiger partial charge in [-0.1, -0.05) is 6.07 Å². The maximum Gasteiger partial charge on any atom is 0.422 e. The van der Waals surface area contributed by atoms with Crippen molar-refractivity contribution in [1.82, 2.24) is 9.88 Å². The van der Waals surface area contributed by atoms with Gasteiger partial charge in [-0.05, 0) is 12.1 Å². The number of methoxy groups -OCH3 is 1. The molecule has 0 aromatic carbocycles. The van der Waals surface area contributed by atoms with Gasteiger partial charge in [0, 0.05) is 19.9 Å². The molecule has 8 heteroatoms. The number of rotatable bonds is 6. The zero-order valence-corrected chi connectivity index (χ0v) is 10.9. The number of hydrogen-bond donors (Lipinski definition) is 0. The molecule has 0 fully saturated rings. The van der Waals surface area contributed by atoms with Crippen LogP contribution >= 0.6 is 0 Å². The van der Waals surface area contributed by atoms with E-state index in [-0.39, 0.29) is 19.7 Å². The van der Waals surface area contributed by atoms with Gasteiger partial charge in [-0.3, -0.25) is 4.98 Å². The van der Waals surface area contributed by atoms with Crippen LogP contribution in [0.3, 0.4) is 0 Å². The van der Waals surface area contributed by atoms with Gasteiger partial charge >= 0.3 is 12.3 Å². The summed E-state index contributed by atoms with van der Waals surface area (Å²) in [6.07, 6.45) is -4.07. The average Bonchev–Trinajstić information content (AvgIpc) is 2.41. The highest BCUT2D eigenvalue weighted by atomic mass is 19.4. The Morgan fingerprint density at radius 2 is 2.15 bits per heavy atom. The van der Waals surface area contributed by atoms with Crippen LogP contribution in [0.25, 0.3) is 0 Å². The quantitative estimate of drug-likeness (QED) is 0.807. The van der Waals surface area contributed by atoms with E-state index in [1.165, 1.54) is 13.3 Å². The number of carbonyl (C=O) groups excluding carboxylic acids is 1. The number of nitrogens with zero attached hydrogens (tertiary/aromatic N) is 2. The molecular weight excluding hydrogens is 277 g/mol. The summed E-state index contributed by atoms with van der Waals surface area (Å²) in [6, 6.07) is 5.08. The molecular formula is C12H15F3N2O3. The molecule has 1 rings (SSSR count). The van der Waals surface area contributed by atoms with Gasteiger partial charge in [-0.25, -0.2) is 4.79 Å². The number of halogens is 3. The summed E-state index contributed by atoms with van der Waals surface area (Å²) < 4.78 is 45.1. The Balaban J connectivity index is 2.61. The van der Waals surface area contributed by atoms with Crippen LogP contribution < -0.4 is 0 Å². The van der Waals surface area contributed by atoms with Crippen molar-refractivity contribution in [2.24, 2.45) is 0 Å². The zero-order valence-electron chi connectivity index (χ0n) is 10.9. The first-order chi connectivity index (χ1) is 9.42. The van der Waals surface area contributed by atoms with Gasteiger partial charge in [0.25, 0.3) is 0 Å². The molecule has 0 aliphatic rings. The molecule has 112 valence electrons. The first kappa shape index (κ1) is 16.2. The van der Waals surface area contributed by atoms with E-state index in [9.17, 15) is 18.0 Å². The lowest BCUT2D eigenvalue weighted by molar-refractivity contribution is -0.162. The summed E-state index contributed by atoms with van der Waals surface area (Å²) in [5.74, 6) is 0. The summed E-state index contributed by atoms with van der Waals surface area (Å²) in [7, 11) is 1.43. The molecule has 0 bridgehead atoms. The van der Waals surface area contributed by atoms with Crippen LogP contribution in [0, 0.1) is 0 Å². The number of hydrogen-bond acceptors (Lipinski definition) is 4. The van der Waals surface area contributed by atoms with E-state index < -0.39 is 18.9 Å². The number of alkyl halides is 3. The Labute approximate surface area is 114 Å². The molecule has 0 atom stereocenters. The van der Waals surface area contributed by atoms with Gasteiger partial charge in [-0.2, -0.15) is 13.2 Å². The smallest absolute Gasteiger partial charge is 0.422 e. The molecule has 0 saturated heterocycles. The SMILES string of the molecule is COCCN(Cc1ccccn1)C(=O)OCC(F)(F)F. The zero-order chi connectivity index (χ0) is 15.0. The molecule has 0 spiro atoms. The van der Waals surface area contributed by atoms with Crippen LogP contribution in [0.15, 0.2) is 24.4 Å². The van der Waals surface area contributed by atoms with Crippen LogP contribution in [-0.4, -0.2) is 49.0 Å². The molecule has 1 heterocycles. The van der Waals surface area contributed by atoms with Crippen LogP contribution in [0.2, 0.25) is 0 Å². The molecule has 1 amide bonds. The van der Waals surface area contributed by atoms with E-state index in [1.54, 1.807) is 18.2 Å². The average molecular weight is 292 g/mol. The predicted octanol–water partition coefficient (Wildman–Crippen LogP) is 2.23. The molecule has 1 aromatic rings. The lowest BCUT2D eigenvalue weighted by atomic mass is 10.3. The Kier molecular flexibility index (Phi) is 6.23. The second-order valence-electron chi connectivity index (χ2n) is 3.91. The van der Waals surface area contributed by atoms with E-state index in [0.717, 1.165) is 4.90 Å². The van der Waals surface area contributed by atoms with Crippen molar-refractivity contribution in [1.29, 1.82) is 0 Å². The molecule has 0 aliphatic heterocycles. The molecule has 0 N–H and O–H groups in total. The van der Waals surface area contributed by atoms with Crippen molar-refractivity contribution in [3.8, 4) is 0 Å². The maximum atomic E-state index is 12.0. The van der Waals surface area contributed by atoms with E-state index >= 15 is 0 Å². The van der Waals surface area contributed by atoms with Gasteiger partial charge in [0.2, 0.25) is 0 Å². The third-order valence-corrected chi connectivity index (χ3v) is 2.26. The largest absolute Gasteiger partial charge is 0.440 e. The molecule has 0 aliphatic carbocycles. The number of carbonyl (C=O) groups is 1. The molecule has 20 heavy (non-hydrogen) atoms. The fraction of sp³-hybridized carbons (Fsp3) is 0.500. The van der Waals surface area contributed by atoms with Crippen molar-refractivity contribution in [3.63, 3.8) is 0 Å². The summed E-state index contributed by atoms with van der Waals surface area (Å²) in [5.41, 5.74) is 0.549. The minimum atomic E-state index is -4.55. The van der Waals surface area contributed by atoms with Crippen molar-refractivity contribution in [2.45, 2.75) is 12.7 Å². The van der Waals surface area contributed by atoms with Crippen molar-refractivity contribution in [2.75, 3.05) is 26.9 Å². The first-order valence-electron chi connectivity index (χ1n) is 5.79. The van der Waals surface area contributed by atoms with Crippen molar-refractivity contribution >= 4 is 6.09 Å². The summed E-state index contributed by atoms with van der Waals surface area (Å²) in [6.45, 7) is -1.25. The Morgan fingerprint density at radius 3 is 2.70 bits per heavy atom. The van der Waals surface area contributed by atoms with Gasteiger partial charge in [0.15, 0.2) is 6.61 Å². The van der Waals surface area contributed by atoms with Gasteiger partial charge < -0.3 is 14.4 Å². The van der Waals surface area contributed by atoms with Gasteiger partial charge in [0.05, 0.1) is 18.8 Å². The Hall–Kier alpha value is -1.83. The second kappa shape index (κ2) is 7.68. The standard InChI is InChI=1S/C12H15F3N2O3/c1-19-7-6-17(8-10-4-2-3-5-16-10)11(18)20-9-12(13,14)15/h2-5H,6-9H2,1H3. The topological polar surface area (TPSA) is 51.7 Å². The number of aromatic nitrogens is 1. The third-order valence-electron chi connectivity index (χ3n) is 2.26. The third kappa shape index (κ3) is 6.37. The maximum absolute atomic E-state index is 12.0.